The maximum atomic E-state index is 7.00. The highest BCUT2D eigenvalue weighted by atomic mass is 16.2. The van der Waals surface area contributed by atoms with Gasteiger partial charge in [0.15, 0.2) is 0 Å². The normalized spacial score (nSPS) is 8.56. The predicted molar refractivity (Wildman–Crippen MR) is 74.5 cm³/mol. The smallest absolute Gasteiger partial charge is 0.0319 e. The third kappa shape index (κ3) is 9.22. The maximum Gasteiger partial charge on any atom is 0.0319 e. The molecule has 0 saturated carbocycles. The molecule has 0 atom stereocenters. The van der Waals surface area contributed by atoms with Crippen LogP contribution in [0.25, 0.3) is 6.08 Å². The summed E-state index contributed by atoms with van der Waals surface area (Å²) in [5.74, 6) is 0. The molecule has 0 heterocycles. The van der Waals surface area contributed by atoms with E-state index in [2.05, 4.69) is 45.6 Å². The number of hydrogen-bond donors (Lipinski definition) is 1. The number of hydrogen-bond acceptors (Lipinski definition) is 1. The SMILES string of the molecule is C=C/C=C\c1ccccc1C.CCC.CO. The zero-order valence-corrected chi connectivity index (χ0v) is 10.9. The monoisotopic (exact) mass is 220 g/mol. The summed E-state index contributed by atoms with van der Waals surface area (Å²) >= 11 is 0. The Morgan fingerprint density at radius 1 is 1.19 bits per heavy atom. The van der Waals surface area contributed by atoms with E-state index in [1.807, 2.05) is 18.2 Å². The van der Waals surface area contributed by atoms with Crippen LogP contribution < -0.4 is 0 Å². The van der Waals surface area contributed by atoms with Crippen molar-refractivity contribution in [3.63, 3.8) is 0 Å². The minimum atomic E-state index is 1.00. The second-order valence-corrected chi connectivity index (χ2v) is 3.16. The van der Waals surface area contributed by atoms with Crippen molar-refractivity contribution in [2.24, 2.45) is 0 Å². The summed E-state index contributed by atoms with van der Waals surface area (Å²) in [5.41, 5.74) is 2.55. The lowest BCUT2D eigenvalue weighted by atomic mass is 10.1. The van der Waals surface area contributed by atoms with Gasteiger partial charge >= 0.3 is 0 Å². The van der Waals surface area contributed by atoms with Crippen molar-refractivity contribution in [2.75, 3.05) is 7.11 Å². The van der Waals surface area contributed by atoms with Crippen molar-refractivity contribution in [3.05, 3.63) is 54.1 Å². The van der Waals surface area contributed by atoms with Gasteiger partial charge in [0.25, 0.3) is 0 Å². The highest BCUT2D eigenvalue weighted by Gasteiger charge is 1.88. The van der Waals surface area contributed by atoms with E-state index in [0.29, 0.717) is 0 Å². The van der Waals surface area contributed by atoms with Crippen LogP contribution in [-0.4, -0.2) is 12.2 Å². The van der Waals surface area contributed by atoms with E-state index in [-0.39, 0.29) is 0 Å². The molecule has 1 N–H and O–H groups in total. The minimum absolute atomic E-state index is 1.00. The standard InChI is InChI=1S/C11H12.C3H8.CH4O/c1-3-4-8-11-9-6-5-7-10(11)2;1-3-2;1-2/h3-9H,1H2,2H3;3H2,1-2H3;2H,1H3/b8-4-;;. The zero-order chi connectivity index (χ0) is 12.8. The number of aliphatic hydroxyl groups is 1. The number of rotatable bonds is 2. The zero-order valence-electron chi connectivity index (χ0n) is 10.9. The van der Waals surface area contributed by atoms with E-state index in [0.717, 1.165) is 7.11 Å². The minimum Gasteiger partial charge on any atom is -0.400 e. The van der Waals surface area contributed by atoms with Gasteiger partial charge in [-0.3, -0.25) is 0 Å². The number of benzene rings is 1. The molecule has 16 heavy (non-hydrogen) atoms. The molecule has 1 aromatic carbocycles. The van der Waals surface area contributed by atoms with Crippen molar-refractivity contribution >= 4 is 6.08 Å². The molecular formula is C15H24O. The fourth-order valence-corrected chi connectivity index (χ4v) is 0.945. The van der Waals surface area contributed by atoms with Crippen LogP contribution in [0.2, 0.25) is 0 Å². The third-order valence-corrected chi connectivity index (χ3v) is 1.60. The quantitative estimate of drug-likeness (QED) is 0.740. The van der Waals surface area contributed by atoms with Crippen molar-refractivity contribution in [3.8, 4) is 0 Å². The van der Waals surface area contributed by atoms with Crippen molar-refractivity contribution in [1.82, 2.24) is 0 Å². The van der Waals surface area contributed by atoms with Gasteiger partial charge in [-0.05, 0) is 18.1 Å². The predicted octanol–water partition coefficient (Wildman–Crippen LogP) is 4.22. The van der Waals surface area contributed by atoms with Gasteiger partial charge in [0.2, 0.25) is 0 Å². The summed E-state index contributed by atoms with van der Waals surface area (Å²) in [6.45, 7) is 9.97. The Morgan fingerprint density at radius 2 is 1.69 bits per heavy atom. The second-order valence-electron chi connectivity index (χ2n) is 3.16. The lowest BCUT2D eigenvalue weighted by Crippen LogP contribution is -1.76. The van der Waals surface area contributed by atoms with E-state index < -0.39 is 0 Å². The number of aryl methyl sites for hydroxylation is 1. The summed E-state index contributed by atoms with van der Waals surface area (Å²) in [4.78, 5) is 0. The molecule has 0 saturated heterocycles. The molecule has 1 rings (SSSR count). The van der Waals surface area contributed by atoms with E-state index in [1.165, 1.54) is 17.5 Å². The van der Waals surface area contributed by atoms with Crippen LogP contribution in [0.4, 0.5) is 0 Å². The largest absolute Gasteiger partial charge is 0.400 e. The van der Waals surface area contributed by atoms with E-state index in [4.69, 9.17) is 5.11 Å². The molecule has 1 aromatic rings. The molecule has 1 nitrogen and oxygen atoms in total. The van der Waals surface area contributed by atoms with Crippen LogP contribution in [0.15, 0.2) is 43.0 Å². The topological polar surface area (TPSA) is 20.2 Å². The van der Waals surface area contributed by atoms with Gasteiger partial charge in [-0.15, -0.1) is 0 Å². The molecule has 0 bridgehead atoms. The van der Waals surface area contributed by atoms with Crippen LogP contribution in [0.3, 0.4) is 0 Å². The fourth-order valence-electron chi connectivity index (χ4n) is 0.945. The first-order valence-electron chi connectivity index (χ1n) is 5.55. The van der Waals surface area contributed by atoms with Gasteiger partial charge in [-0.1, -0.05) is 69.3 Å². The van der Waals surface area contributed by atoms with Gasteiger partial charge in [-0.2, -0.15) is 0 Å². The number of aliphatic hydroxyl groups excluding tert-OH is 1. The van der Waals surface area contributed by atoms with Crippen molar-refractivity contribution < 1.29 is 5.11 Å². The molecule has 0 spiro atoms. The summed E-state index contributed by atoms with van der Waals surface area (Å²) in [7, 11) is 1.00. The Kier molecular flexibility index (Phi) is 14.6. The third-order valence-electron chi connectivity index (χ3n) is 1.60. The molecular weight excluding hydrogens is 196 g/mol. The molecule has 0 aromatic heterocycles. The highest BCUT2D eigenvalue weighted by Crippen LogP contribution is 2.08. The van der Waals surface area contributed by atoms with E-state index >= 15 is 0 Å². The first kappa shape index (κ1) is 17.1. The molecule has 0 aliphatic carbocycles. The average molecular weight is 220 g/mol. The second kappa shape index (κ2) is 13.7. The molecule has 1 heteroatoms. The average Bonchev–Trinajstić information content (AvgIpc) is 2.32. The van der Waals surface area contributed by atoms with E-state index in [9.17, 15) is 0 Å². The molecule has 0 radical (unpaired) electrons. The molecule has 0 aliphatic rings. The first-order chi connectivity index (χ1) is 7.76. The molecule has 0 amide bonds. The molecule has 0 aliphatic heterocycles. The summed E-state index contributed by atoms with van der Waals surface area (Å²) in [5, 5.41) is 7.00. The van der Waals surface area contributed by atoms with Crippen molar-refractivity contribution in [1.29, 1.82) is 0 Å². The van der Waals surface area contributed by atoms with E-state index in [1.54, 1.807) is 6.08 Å². The van der Waals surface area contributed by atoms with Gasteiger partial charge in [0, 0.05) is 7.11 Å². The molecule has 0 unspecified atom stereocenters. The summed E-state index contributed by atoms with van der Waals surface area (Å²) in [6, 6.07) is 8.27. The molecule has 90 valence electrons. The van der Waals surface area contributed by atoms with Crippen LogP contribution in [-0.2, 0) is 0 Å². The Balaban J connectivity index is 0. The Bertz CT molecular complexity index is 287. The van der Waals surface area contributed by atoms with Gasteiger partial charge < -0.3 is 5.11 Å². The Labute approximate surface area is 100 Å². The Morgan fingerprint density at radius 3 is 2.12 bits per heavy atom. The fraction of sp³-hybridized carbons (Fsp3) is 0.333. The lowest BCUT2D eigenvalue weighted by Gasteiger charge is -1.96. The molecule has 0 fully saturated rings. The maximum absolute atomic E-state index is 7.00. The number of allylic oxidation sites excluding steroid dienone is 2. The van der Waals surface area contributed by atoms with Gasteiger partial charge in [-0.25, -0.2) is 0 Å². The summed E-state index contributed by atoms with van der Waals surface area (Å²) in [6.07, 6.45) is 7.04. The van der Waals surface area contributed by atoms with Gasteiger partial charge in [0.1, 0.15) is 0 Å². The highest BCUT2D eigenvalue weighted by molar-refractivity contribution is 5.54. The lowest BCUT2D eigenvalue weighted by molar-refractivity contribution is 0.399. The van der Waals surface area contributed by atoms with Crippen LogP contribution in [0.5, 0.6) is 0 Å². The van der Waals surface area contributed by atoms with Gasteiger partial charge in [0.05, 0.1) is 0 Å². The van der Waals surface area contributed by atoms with Crippen molar-refractivity contribution in [2.45, 2.75) is 27.2 Å². The Hall–Kier alpha value is -1.34. The summed E-state index contributed by atoms with van der Waals surface area (Å²) < 4.78 is 0. The first-order valence-corrected chi connectivity index (χ1v) is 5.55. The van der Waals surface area contributed by atoms with Crippen LogP contribution in [0.1, 0.15) is 31.4 Å². The van der Waals surface area contributed by atoms with Crippen LogP contribution in [0, 0.1) is 6.92 Å². The van der Waals surface area contributed by atoms with Crippen LogP contribution >= 0.6 is 0 Å².